The van der Waals surface area contributed by atoms with Crippen LogP contribution in [0.4, 0.5) is 0 Å². The van der Waals surface area contributed by atoms with E-state index in [-0.39, 0.29) is 17.9 Å². The average molecular weight is 477 g/mol. The van der Waals surface area contributed by atoms with Crippen LogP contribution in [-0.2, 0) is 19.7 Å². The van der Waals surface area contributed by atoms with Gasteiger partial charge in [-0.2, -0.15) is 0 Å². The molecule has 3 aliphatic rings. The molecule has 0 unspecified atom stereocenters. The molecule has 1 saturated carbocycles. The minimum atomic E-state index is -0.520. The van der Waals surface area contributed by atoms with E-state index in [0.717, 1.165) is 48.8 Å². The number of piperidine rings is 1. The number of likely N-dealkylation sites (tertiary alicyclic amines) is 1. The Labute approximate surface area is 188 Å². The van der Waals surface area contributed by atoms with Crippen molar-refractivity contribution in [1.29, 1.82) is 0 Å². The molecular weight excluding hydrogens is 444 g/mol. The summed E-state index contributed by atoms with van der Waals surface area (Å²) in [6, 6.07) is 8.27. The highest BCUT2D eigenvalue weighted by atomic mass is 79.9. The summed E-state index contributed by atoms with van der Waals surface area (Å²) in [6.45, 7) is 2.74. The van der Waals surface area contributed by atoms with Crippen LogP contribution in [0.3, 0.4) is 0 Å². The molecule has 0 spiro atoms. The van der Waals surface area contributed by atoms with Crippen molar-refractivity contribution >= 4 is 27.7 Å². The lowest BCUT2D eigenvalue weighted by atomic mass is 9.73. The fourth-order valence-corrected chi connectivity index (χ4v) is 5.58. The van der Waals surface area contributed by atoms with Gasteiger partial charge in [0.15, 0.2) is 0 Å². The second kappa shape index (κ2) is 9.82. The third kappa shape index (κ3) is 4.75. The first-order valence-electron chi connectivity index (χ1n) is 11.5. The lowest BCUT2D eigenvalue weighted by Gasteiger charge is -2.40. The number of nitrogens with zero attached hydrogens (tertiary/aromatic N) is 1. The van der Waals surface area contributed by atoms with Gasteiger partial charge in [0.25, 0.3) is 0 Å². The molecule has 0 atom stereocenters. The molecule has 2 heterocycles. The van der Waals surface area contributed by atoms with Crippen molar-refractivity contribution in [2.24, 2.45) is 5.92 Å². The van der Waals surface area contributed by atoms with Gasteiger partial charge >= 0.3 is 0 Å². The van der Waals surface area contributed by atoms with Crippen molar-refractivity contribution in [3.05, 3.63) is 34.3 Å². The van der Waals surface area contributed by atoms with E-state index in [4.69, 9.17) is 4.74 Å². The molecule has 1 aromatic carbocycles. The zero-order valence-electron chi connectivity index (χ0n) is 17.7. The van der Waals surface area contributed by atoms with Crippen molar-refractivity contribution < 1.29 is 14.3 Å². The third-order valence-corrected chi connectivity index (χ3v) is 7.80. The maximum absolute atomic E-state index is 13.5. The van der Waals surface area contributed by atoms with Crippen LogP contribution in [0.15, 0.2) is 28.7 Å². The van der Waals surface area contributed by atoms with Crippen LogP contribution in [0.25, 0.3) is 0 Å². The van der Waals surface area contributed by atoms with Gasteiger partial charge in [0.2, 0.25) is 11.8 Å². The first-order chi connectivity index (χ1) is 14.6. The van der Waals surface area contributed by atoms with Gasteiger partial charge in [-0.3, -0.25) is 9.59 Å². The summed E-state index contributed by atoms with van der Waals surface area (Å²) in [7, 11) is 0. The van der Waals surface area contributed by atoms with E-state index >= 15 is 0 Å². The monoisotopic (exact) mass is 476 g/mol. The van der Waals surface area contributed by atoms with Gasteiger partial charge in [0, 0.05) is 42.7 Å². The average Bonchev–Trinajstić information content (AvgIpc) is 2.80. The number of amides is 2. The Bertz CT molecular complexity index is 731. The van der Waals surface area contributed by atoms with E-state index in [2.05, 4.69) is 33.4 Å². The minimum absolute atomic E-state index is 0.116. The number of carbonyl (C=O) groups excluding carboxylic acids is 2. The Hall–Kier alpha value is -1.40. The third-order valence-electron chi connectivity index (χ3n) is 7.27. The summed E-state index contributed by atoms with van der Waals surface area (Å²) >= 11 is 3.49. The second-order valence-electron chi connectivity index (χ2n) is 9.11. The number of benzene rings is 1. The highest BCUT2D eigenvalue weighted by Crippen LogP contribution is 2.36. The predicted octanol–water partition coefficient (Wildman–Crippen LogP) is 4.18. The molecule has 2 amide bonds. The lowest BCUT2D eigenvalue weighted by Crippen LogP contribution is -2.54. The zero-order chi connectivity index (χ0) is 21.0. The molecule has 30 heavy (non-hydrogen) atoms. The lowest BCUT2D eigenvalue weighted by molar-refractivity contribution is -0.138. The molecule has 164 valence electrons. The van der Waals surface area contributed by atoms with Gasteiger partial charge in [-0.15, -0.1) is 0 Å². The Morgan fingerprint density at radius 2 is 1.60 bits per heavy atom. The smallest absolute Gasteiger partial charge is 0.231 e. The molecule has 3 fully saturated rings. The second-order valence-corrected chi connectivity index (χ2v) is 10.0. The molecule has 0 aromatic heterocycles. The van der Waals surface area contributed by atoms with E-state index in [1.165, 1.54) is 19.3 Å². The molecule has 1 N–H and O–H groups in total. The maximum atomic E-state index is 13.5. The largest absolute Gasteiger partial charge is 0.381 e. The van der Waals surface area contributed by atoms with E-state index in [0.29, 0.717) is 32.0 Å². The molecule has 5 nitrogen and oxygen atoms in total. The number of nitrogens with one attached hydrogen (secondary N) is 1. The van der Waals surface area contributed by atoms with Crippen molar-refractivity contribution in [2.75, 3.05) is 26.3 Å². The van der Waals surface area contributed by atoms with Gasteiger partial charge in [-0.05, 0) is 56.2 Å². The first kappa shape index (κ1) is 21.8. The number of hydrogen-bond acceptors (Lipinski definition) is 3. The standard InChI is InChI=1S/C24H33BrN2O3/c25-20-8-6-19(7-9-20)24(12-16-30-17-13-24)23(29)26-21-10-14-27(15-11-21)22(28)18-4-2-1-3-5-18/h6-9,18,21H,1-5,10-17H2,(H,26,29). The molecule has 2 aliphatic heterocycles. The van der Waals surface area contributed by atoms with Gasteiger partial charge in [0.05, 0.1) is 5.41 Å². The molecular formula is C24H33BrN2O3. The van der Waals surface area contributed by atoms with Gasteiger partial charge in [-0.25, -0.2) is 0 Å². The van der Waals surface area contributed by atoms with Crippen LogP contribution < -0.4 is 5.32 Å². The van der Waals surface area contributed by atoms with Gasteiger partial charge in [0.1, 0.15) is 0 Å². The summed E-state index contributed by atoms with van der Waals surface area (Å²) in [5.74, 6) is 0.688. The molecule has 6 heteroatoms. The molecule has 4 rings (SSSR count). The highest BCUT2D eigenvalue weighted by molar-refractivity contribution is 9.10. The first-order valence-corrected chi connectivity index (χ1v) is 12.3. The summed E-state index contributed by atoms with van der Waals surface area (Å²) in [5.41, 5.74) is 0.546. The van der Waals surface area contributed by atoms with Crippen molar-refractivity contribution in [3.63, 3.8) is 0 Å². The summed E-state index contributed by atoms with van der Waals surface area (Å²) in [5, 5.41) is 3.34. The molecule has 2 saturated heterocycles. The Morgan fingerprint density at radius 3 is 2.23 bits per heavy atom. The van der Waals surface area contributed by atoms with E-state index in [9.17, 15) is 9.59 Å². The van der Waals surface area contributed by atoms with E-state index in [1.807, 2.05) is 17.0 Å². The Morgan fingerprint density at radius 1 is 0.967 bits per heavy atom. The number of hydrogen-bond donors (Lipinski definition) is 1. The van der Waals surface area contributed by atoms with Crippen LogP contribution >= 0.6 is 15.9 Å². The number of carbonyl (C=O) groups is 2. The number of rotatable bonds is 4. The normalized spacial score (nSPS) is 23.2. The molecule has 1 aromatic rings. The van der Waals surface area contributed by atoms with Gasteiger partial charge in [-0.1, -0.05) is 47.3 Å². The van der Waals surface area contributed by atoms with Crippen LogP contribution in [0, 0.1) is 5.92 Å². The SMILES string of the molecule is O=C(C1CCCCC1)N1CCC(NC(=O)C2(c3ccc(Br)cc3)CCOCC2)CC1. The number of ether oxygens (including phenoxy) is 1. The van der Waals surface area contributed by atoms with Crippen molar-refractivity contribution in [1.82, 2.24) is 10.2 Å². The minimum Gasteiger partial charge on any atom is -0.381 e. The van der Waals surface area contributed by atoms with Gasteiger partial charge < -0.3 is 15.0 Å². The highest BCUT2D eigenvalue weighted by Gasteiger charge is 2.42. The van der Waals surface area contributed by atoms with Crippen LogP contribution in [-0.4, -0.2) is 49.1 Å². The van der Waals surface area contributed by atoms with Crippen LogP contribution in [0.5, 0.6) is 0 Å². The molecule has 0 bridgehead atoms. The fraction of sp³-hybridized carbons (Fsp3) is 0.667. The summed E-state index contributed by atoms with van der Waals surface area (Å²) < 4.78 is 6.59. The summed E-state index contributed by atoms with van der Waals surface area (Å²) in [6.07, 6.45) is 8.84. The molecule has 0 radical (unpaired) electrons. The summed E-state index contributed by atoms with van der Waals surface area (Å²) in [4.78, 5) is 28.3. The van der Waals surface area contributed by atoms with Crippen LogP contribution in [0.1, 0.15) is 63.4 Å². The molecule has 1 aliphatic carbocycles. The van der Waals surface area contributed by atoms with E-state index < -0.39 is 5.41 Å². The van der Waals surface area contributed by atoms with Crippen molar-refractivity contribution in [2.45, 2.75) is 69.2 Å². The quantitative estimate of drug-likeness (QED) is 0.708. The van der Waals surface area contributed by atoms with E-state index in [1.54, 1.807) is 0 Å². The van der Waals surface area contributed by atoms with Crippen molar-refractivity contribution in [3.8, 4) is 0 Å². The predicted molar refractivity (Wildman–Crippen MR) is 120 cm³/mol. The fourth-order valence-electron chi connectivity index (χ4n) is 5.31. The zero-order valence-corrected chi connectivity index (χ0v) is 19.3. The number of halogens is 1. The maximum Gasteiger partial charge on any atom is 0.231 e. The topological polar surface area (TPSA) is 58.6 Å². The Kier molecular flexibility index (Phi) is 7.14. The Balaban J connectivity index is 1.37. The van der Waals surface area contributed by atoms with Crippen LogP contribution in [0.2, 0.25) is 0 Å².